The smallest absolute Gasteiger partial charge is 0.367 e. The molecule has 0 aliphatic heterocycles. The molecule has 0 amide bonds. The molecule has 0 spiro atoms. The summed E-state index contributed by atoms with van der Waals surface area (Å²) in [6.07, 6.45) is -2.73. The number of halogens is 4. The van der Waals surface area contributed by atoms with Crippen molar-refractivity contribution in [1.29, 1.82) is 0 Å². The minimum atomic E-state index is -4.60. The first-order chi connectivity index (χ1) is 8.72. The Balaban J connectivity index is 2.81. The van der Waals surface area contributed by atoms with Gasteiger partial charge in [-0.1, -0.05) is 31.9 Å². The molecule has 0 fully saturated rings. The fourth-order valence-corrected chi connectivity index (χ4v) is 1.88. The van der Waals surface area contributed by atoms with Gasteiger partial charge in [0.25, 0.3) is 0 Å². The molecule has 0 saturated carbocycles. The summed E-state index contributed by atoms with van der Waals surface area (Å²) in [4.78, 5) is 6.63. The first kappa shape index (κ1) is 16.0. The lowest BCUT2D eigenvalue weighted by Gasteiger charge is -2.18. The number of hydrogen-bond acceptors (Lipinski definition) is 3. The van der Waals surface area contributed by atoms with Crippen molar-refractivity contribution in [3.05, 3.63) is 17.0 Å². The third kappa shape index (κ3) is 5.22. The van der Waals surface area contributed by atoms with Crippen LogP contribution in [0.1, 0.15) is 39.4 Å². The van der Waals surface area contributed by atoms with E-state index in [0.29, 0.717) is 5.92 Å². The van der Waals surface area contributed by atoms with Crippen LogP contribution >= 0.6 is 11.6 Å². The largest absolute Gasteiger partial charge is 0.451 e. The van der Waals surface area contributed by atoms with Gasteiger partial charge in [0.2, 0.25) is 5.82 Å². The standard InChI is InChI=1S/C12H17ClF3N3/c1-4-7(2)5-8(3)17-10-6-9(13)18-11(19-10)12(14,15)16/h6-8H,4-5H2,1-3H3,(H,17,18,19). The first-order valence-corrected chi connectivity index (χ1v) is 6.48. The van der Waals surface area contributed by atoms with Gasteiger partial charge in [0.15, 0.2) is 0 Å². The van der Waals surface area contributed by atoms with Gasteiger partial charge in [-0.25, -0.2) is 9.97 Å². The third-order valence-electron chi connectivity index (χ3n) is 2.80. The summed E-state index contributed by atoms with van der Waals surface area (Å²) >= 11 is 5.58. The van der Waals surface area contributed by atoms with Crippen LogP contribution in [0, 0.1) is 5.92 Å². The van der Waals surface area contributed by atoms with Crippen molar-refractivity contribution < 1.29 is 13.2 Å². The molecule has 2 atom stereocenters. The second kappa shape index (κ2) is 6.41. The van der Waals surface area contributed by atoms with Gasteiger partial charge in [-0.3, -0.25) is 0 Å². The first-order valence-electron chi connectivity index (χ1n) is 6.10. The van der Waals surface area contributed by atoms with E-state index in [4.69, 9.17) is 11.6 Å². The predicted octanol–water partition coefficient (Wildman–Crippen LogP) is 4.39. The maximum Gasteiger partial charge on any atom is 0.451 e. The Kier molecular flexibility index (Phi) is 5.40. The van der Waals surface area contributed by atoms with Crippen molar-refractivity contribution in [1.82, 2.24) is 9.97 Å². The van der Waals surface area contributed by atoms with Gasteiger partial charge in [-0.05, 0) is 19.3 Å². The summed E-state index contributed by atoms with van der Waals surface area (Å²) in [5.41, 5.74) is 0. The summed E-state index contributed by atoms with van der Waals surface area (Å²) in [6.45, 7) is 6.06. The predicted molar refractivity (Wildman–Crippen MR) is 69.2 cm³/mol. The summed E-state index contributed by atoms with van der Waals surface area (Å²) in [7, 11) is 0. The van der Waals surface area contributed by atoms with Crippen LogP contribution in [0.15, 0.2) is 6.07 Å². The molecular formula is C12H17ClF3N3. The molecule has 0 aliphatic carbocycles. The molecule has 1 aromatic rings. The van der Waals surface area contributed by atoms with E-state index >= 15 is 0 Å². The summed E-state index contributed by atoms with van der Waals surface area (Å²) < 4.78 is 37.6. The maximum atomic E-state index is 12.5. The number of aromatic nitrogens is 2. The van der Waals surface area contributed by atoms with Crippen LogP contribution in [0.25, 0.3) is 0 Å². The lowest BCUT2D eigenvalue weighted by atomic mass is 10.0. The van der Waals surface area contributed by atoms with Gasteiger partial charge in [-0.2, -0.15) is 13.2 Å². The minimum absolute atomic E-state index is 0.0157. The Bertz CT molecular complexity index is 423. The van der Waals surface area contributed by atoms with E-state index in [1.807, 2.05) is 6.92 Å². The molecule has 1 rings (SSSR count). The second-order valence-electron chi connectivity index (χ2n) is 4.69. The summed E-state index contributed by atoms with van der Waals surface area (Å²) in [5.74, 6) is -0.636. The molecule has 1 N–H and O–H groups in total. The lowest BCUT2D eigenvalue weighted by Crippen LogP contribution is -2.20. The van der Waals surface area contributed by atoms with E-state index in [1.165, 1.54) is 6.07 Å². The van der Waals surface area contributed by atoms with Crippen LogP contribution < -0.4 is 5.32 Å². The van der Waals surface area contributed by atoms with Gasteiger partial charge in [0.1, 0.15) is 11.0 Å². The van der Waals surface area contributed by atoms with Crippen molar-refractivity contribution in [2.75, 3.05) is 5.32 Å². The van der Waals surface area contributed by atoms with Gasteiger partial charge >= 0.3 is 6.18 Å². The zero-order chi connectivity index (χ0) is 14.6. The fraction of sp³-hybridized carbons (Fsp3) is 0.667. The Morgan fingerprint density at radius 2 is 1.95 bits per heavy atom. The summed E-state index contributed by atoms with van der Waals surface area (Å²) in [6, 6.07) is 1.31. The molecular weight excluding hydrogens is 279 g/mol. The van der Waals surface area contributed by atoms with Crippen LogP contribution in [-0.4, -0.2) is 16.0 Å². The van der Waals surface area contributed by atoms with Gasteiger partial charge < -0.3 is 5.32 Å². The zero-order valence-corrected chi connectivity index (χ0v) is 11.8. The Labute approximate surface area is 115 Å². The average Bonchev–Trinajstić information content (AvgIpc) is 2.26. The number of hydrogen-bond donors (Lipinski definition) is 1. The third-order valence-corrected chi connectivity index (χ3v) is 2.99. The molecule has 108 valence electrons. The van der Waals surface area contributed by atoms with Crippen LogP contribution in [0.4, 0.5) is 19.0 Å². The number of alkyl halides is 3. The molecule has 0 bridgehead atoms. The van der Waals surface area contributed by atoms with Crippen molar-refractivity contribution >= 4 is 17.4 Å². The molecule has 0 radical (unpaired) electrons. The zero-order valence-electron chi connectivity index (χ0n) is 11.1. The average molecular weight is 296 g/mol. The highest BCUT2D eigenvalue weighted by Crippen LogP contribution is 2.28. The highest BCUT2D eigenvalue weighted by atomic mass is 35.5. The molecule has 1 aromatic heterocycles. The van der Waals surface area contributed by atoms with Crippen LogP contribution in [-0.2, 0) is 6.18 Å². The van der Waals surface area contributed by atoms with Crippen LogP contribution in [0.5, 0.6) is 0 Å². The number of nitrogens with one attached hydrogen (secondary N) is 1. The molecule has 2 unspecified atom stereocenters. The van der Waals surface area contributed by atoms with E-state index in [2.05, 4.69) is 29.1 Å². The highest BCUT2D eigenvalue weighted by molar-refractivity contribution is 6.29. The van der Waals surface area contributed by atoms with E-state index in [1.54, 1.807) is 0 Å². The Morgan fingerprint density at radius 3 is 2.47 bits per heavy atom. The van der Waals surface area contributed by atoms with Crippen molar-refractivity contribution in [3.8, 4) is 0 Å². The molecule has 1 heterocycles. The maximum absolute atomic E-state index is 12.5. The highest BCUT2D eigenvalue weighted by Gasteiger charge is 2.35. The minimum Gasteiger partial charge on any atom is -0.367 e. The Hall–Kier alpha value is -1.04. The monoisotopic (exact) mass is 295 g/mol. The van der Waals surface area contributed by atoms with Crippen molar-refractivity contribution in [2.45, 2.75) is 45.8 Å². The fourth-order valence-electron chi connectivity index (χ4n) is 1.70. The van der Waals surface area contributed by atoms with E-state index in [0.717, 1.165) is 12.8 Å². The molecule has 7 heteroatoms. The molecule has 19 heavy (non-hydrogen) atoms. The number of rotatable bonds is 5. The normalized spacial score (nSPS) is 15.1. The van der Waals surface area contributed by atoms with E-state index < -0.39 is 12.0 Å². The van der Waals surface area contributed by atoms with Gasteiger partial charge in [-0.15, -0.1) is 0 Å². The molecule has 3 nitrogen and oxygen atoms in total. The number of nitrogens with zero attached hydrogens (tertiary/aromatic N) is 2. The Morgan fingerprint density at radius 1 is 1.32 bits per heavy atom. The van der Waals surface area contributed by atoms with Crippen LogP contribution in [0.3, 0.4) is 0 Å². The van der Waals surface area contributed by atoms with Crippen molar-refractivity contribution in [3.63, 3.8) is 0 Å². The van der Waals surface area contributed by atoms with E-state index in [9.17, 15) is 13.2 Å². The van der Waals surface area contributed by atoms with Crippen molar-refractivity contribution in [2.24, 2.45) is 5.92 Å². The van der Waals surface area contributed by atoms with E-state index in [-0.39, 0.29) is 17.0 Å². The second-order valence-corrected chi connectivity index (χ2v) is 5.08. The van der Waals surface area contributed by atoms with Gasteiger partial charge in [0.05, 0.1) is 0 Å². The SMILES string of the molecule is CCC(C)CC(C)Nc1cc(Cl)nc(C(F)(F)F)n1. The lowest BCUT2D eigenvalue weighted by molar-refractivity contribution is -0.144. The topological polar surface area (TPSA) is 37.8 Å². The van der Waals surface area contributed by atoms with Gasteiger partial charge in [0, 0.05) is 12.1 Å². The summed E-state index contributed by atoms with van der Waals surface area (Å²) in [5, 5.41) is 2.70. The van der Waals surface area contributed by atoms with Crippen LogP contribution in [0.2, 0.25) is 5.15 Å². The molecule has 0 aromatic carbocycles. The molecule has 0 saturated heterocycles. The number of anilines is 1. The molecule has 0 aliphatic rings. The quantitative estimate of drug-likeness (QED) is 0.819.